The van der Waals surface area contributed by atoms with Gasteiger partial charge in [0, 0.05) is 0 Å². The number of rotatable bonds is 10. The SMILES string of the molecule is O=[N+]([O-])c1cc([N+](=O)[O-])c(Nc2cnc(Nc3c([N+](=O)[O-])cc([N+](=O)[O-])cc3[N+](=O)[O-])nc2)c([N+](=O)[O-])c1. The Bertz CT molecular complexity index is 1360. The maximum Gasteiger partial charge on any atom is 0.306 e. The minimum Gasteiger partial charge on any atom is -0.342 e. The summed E-state index contributed by atoms with van der Waals surface area (Å²) < 4.78 is 0. The van der Waals surface area contributed by atoms with Gasteiger partial charge in [-0.15, -0.1) is 0 Å². The van der Waals surface area contributed by atoms with E-state index < -0.39 is 81.0 Å². The first kappa shape index (κ1) is 26.1. The van der Waals surface area contributed by atoms with Crippen LogP contribution in [0.4, 0.5) is 57.1 Å². The topological polar surface area (TPSA) is 309 Å². The van der Waals surface area contributed by atoms with E-state index in [2.05, 4.69) is 20.6 Å². The van der Waals surface area contributed by atoms with Gasteiger partial charge in [0.15, 0.2) is 11.4 Å². The lowest BCUT2D eigenvalue weighted by Gasteiger charge is -2.09. The molecule has 2 N–H and O–H groups in total. The largest absolute Gasteiger partial charge is 0.342 e. The summed E-state index contributed by atoms with van der Waals surface area (Å²) >= 11 is 0. The van der Waals surface area contributed by atoms with Crippen LogP contribution >= 0.6 is 0 Å². The molecular formula is C16H8N10O12. The van der Waals surface area contributed by atoms with Gasteiger partial charge in [0.1, 0.15) is 0 Å². The van der Waals surface area contributed by atoms with Gasteiger partial charge in [-0.25, -0.2) is 9.97 Å². The summed E-state index contributed by atoms with van der Waals surface area (Å²) in [7, 11) is 0. The normalized spacial score (nSPS) is 10.3. The maximum absolute atomic E-state index is 11.4. The summed E-state index contributed by atoms with van der Waals surface area (Å²) in [6, 6.07) is 1.91. The second kappa shape index (κ2) is 10.0. The van der Waals surface area contributed by atoms with Crippen molar-refractivity contribution in [1.29, 1.82) is 0 Å². The Kier molecular flexibility index (Phi) is 6.89. The van der Waals surface area contributed by atoms with E-state index >= 15 is 0 Å². The number of hydrogen-bond donors (Lipinski definition) is 2. The van der Waals surface area contributed by atoms with E-state index in [0.29, 0.717) is 24.3 Å². The highest BCUT2D eigenvalue weighted by Crippen LogP contribution is 2.41. The molecular weight excluding hydrogens is 524 g/mol. The molecule has 1 aromatic heterocycles. The van der Waals surface area contributed by atoms with Crippen LogP contribution in [0.3, 0.4) is 0 Å². The monoisotopic (exact) mass is 532 g/mol. The quantitative estimate of drug-likeness (QED) is 0.279. The van der Waals surface area contributed by atoms with Crippen LogP contribution in [0, 0.1) is 60.7 Å². The highest BCUT2D eigenvalue weighted by Gasteiger charge is 2.32. The Hall–Kier alpha value is -6.48. The predicted molar refractivity (Wildman–Crippen MR) is 121 cm³/mol. The summed E-state index contributed by atoms with van der Waals surface area (Å²) in [5.74, 6) is -0.511. The lowest BCUT2D eigenvalue weighted by molar-refractivity contribution is -0.402. The average molecular weight is 532 g/mol. The number of hydrogen-bond acceptors (Lipinski definition) is 16. The van der Waals surface area contributed by atoms with Gasteiger partial charge in [-0.2, -0.15) is 0 Å². The molecule has 3 rings (SSSR count). The lowest BCUT2D eigenvalue weighted by atomic mass is 10.2. The third-order valence-corrected chi connectivity index (χ3v) is 4.53. The molecule has 0 atom stereocenters. The Morgan fingerprint density at radius 2 is 0.816 bits per heavy atom. The zero-order chi connectivity index (χ0) is 28.3. The van der Waals surface area contributed by atoms with Crippen molar-refractivity contribution >= 4 is 57.1 Å². The van der Waals surface area contributed by atoms with Crippen LogP contribution in [0.5, 0.6) is 0 Å². The van der Waals surface area contributed by atoms with Crippen LogP contribution < -0.4 is 10.6 Å². The smallest absolute Gasteiger partial charge is 0.306 e. The molecule has 2 aromatic carbocycles. The molecule has 22 nitrogen and oxygen atoms in total. The number of nitrogens with zero attached hydrogens (tertiary/aromatic N) is 8. The minimum atomic E-state index is -1.12. The number of nitro benzene ring substituents is 6. The van der Waals surface area contributed by atoms with Gasteiger partial charge in [0.2, 0.25) is 5.95 Å². The Labute approximate surface area is 205 Å². The van der Waals surface area contributed by atoms with Crippen LogP contribution in [0.1, 0.15) is 0 Å². The Morgan fingerprint density at radius 1 is 0.500 bits per heavy atom. The van der Waals surface area contributed by atoms with E-state index in [0.717, 1.165) is 12.4 Å². The highest BCUT2D eigenvalue weighted by molar-refractivity contribution is 5.82. The van der Waals surface area contributed by atoms with Crippen molar-refractivity contribution in [3.63, 3.8) is 0 Å². The number of aromatic nitrogens is 2. The van der Waals surface area contributed by atoms with E-state index in [4.69, 9.17) is 0 Å². The van der Waals surface area contributed by atoms with Crippen molar-refractivity contribution in [2.45, 2.75) is 0 Å². The van der Waals surface area contributed by atoms with E-state index in [1.807, 2.05) is 0 Å². The molecule has 0 bridgehead atoms. The summed E-state index contributed by atoms with van der Waals surface area (Å²) in [4.78, 5) is 68.3. The molecule has 38 heavy (non-hydrogen) atoms. The summed E-state index contributed by atoms with van der Waals surface area (Å²) in [5, 5.41) is 72.0. The summed E-state index contributed by atoms with van der Waals surface area (Å²) in [6.07, 6.45) is 1.74. The zero-order valence-corrected chi connectivity index (χ0v) is 17.9. The van der Waals surface area contributed by atoms with Crippen LogP contribution in [0.2, 0.25) is 0 Å². The number of anilines is 4. The molecule has 22 heteroatoms. The van der Waals surface area contributed by atoms with Crippen molar-refractivity contribution < 1.29 is 29.5 Å². The number of benzene rings is 2. The lowest BCUT2D eigenvalue weighted by Crippen LogP contribution is -2.06. The molecule has 0 amide bonds. The third kappa shape index (κ3) is 5.27. The van der Waals surface area contributed by atoms with Crippen LogP contribution in [-0.2, 0) is 0 Å². The van der Waals surface area contributed by atoms with Crippen molar-refractivity contribution in [3.8, 4) is 0 Å². The van der Waals surface area contributed by atoms with Gasteiger partial charge in [0.05, 0.1) is 71.9 Å². The molecule has 3 aromatic rings. The van der Waals surface area contributed by atoms with Gasteiger partial charge in [0.25, 0.3) is 11.4 Å². The fourth-order valence-corrected chi connectivity index (χ4v) is 2.95. The molecule has 194 valence electrons. The first-order valence-corrected chi connectivity index (χ1v) is 9.38. The van der Waals surface area contributed by atoms with Crippen molar-refractivity contribution in [2.24, 2.45) is 0 Å². The van der Waals surface area contributed by atoms with Gasteiger partial charge < -0.3 is 10.6 Å². The highest BCUT2D eigenvalue weighted by atomic mass is 16.6. The molecule has 0 aliphatic heterocycles. The van der Waals surface area contributed by atoms with Crippen LogP contribution in [0.15, 0.2) is 36.7 Å². The van der Waals surface area contributed by atoms with Crippen molar-refractivity contribution in [3.05, 3.63) is 97.3 Å². The third-order valence-electron chi connectivity index (χ3n) is 4.53. The molecule has 0 unspecified atom stereocenters. The first-order valence-electron chi connectivity index (χ1n) is 9.38. The standard InChI is InChI=1S/C16H8N10O12/c27-21(28)8-1-10(23(31)32)14(11(2-8)24(33)34)19-7-5-17-16(18-6-7)20-15-12(25(35)36)3-9(22(29)30)4-13(15)26(37)38/h1-6,19H,(H,17,18,20). The van der Waals surface area contributed by atoms with Crippen LogP contribution in [0.25, 0.3) is 0 Å². The Balaban J connectivity index is 2.02. The Morgan fingerprint density at radius 3 is 1.11 bits per heavy atom. The van der Waals surface area contributed by atoms with E-state index in [-0.39, 0.29) is 5.69 Å². The molecule has 0 saturated carbocycles. The van der Waals surface area contributed by atoms with Gasteiger partial charge >= 0.3 is 22.7 Å². The molecule has 0 fully saturated rings. The average Bonchev–Trinajstić information content (AvgIpc) is 2.84. The molecule has 0 radical (unpaired) electrons. The summed E-state index contributed by atoms with van der Waals surface area (Å²) in [6.45, 7) is 0. The second-order valence-electron chi connectivity index (χ2n) is 6.81. The van der Waals surface area contributed by atoms with E-state index in [1.54, 1.807) is 0 Å². The zero-order valence-electron chi connectivity index (χ0n) is 17.9. The van der Waals surface area contributed by atoms with Crippen LogP contribution in [-0.4, -0.2) is 39.5 Å². The summed E-state index contributed by atoms with van der Waals surface area (Å²) in [5.41, 5.74) is -7.78. The second-order valence-corrected chi connectivity index (χ2v) is 6.81. The van der Waals surface area contributed by atoms with Crippen molar-refractivity contribution in [2.75, 3.05) is 10.6 Å². The maximum atomic E-state index is 11.4. The molecule has 0 aliphatic carbocycles. The van der Waals surface area contributed by atoms with Crippen molar-refractivity contribution in [1.82, 2.24) is 9.97 Å². The van der Waals surface area contributed by atoms with Gasteiger partial charge in [-0.1, -0.05) is 0 Å². The number of nitrogens with one attached hydrogen (secondary N) is 2. The molecule has 0 aliphatic rings. The van der Waals surface area contributed by atoms with E-state index in [1.165, 1.54) is 0 Å². The fourth-order valence-electron chi connectivity index (χ4n) is 2.95. The van der Waals surface area contributed by atoms with Gasteiger partial charge in [-0.3, -0.25) is 60.7 Å². The van der Waals surface area contributed by atoms with E-state index in [9.17, 15) is 60.7 Å². The first-order chi connectivity index (χ1) is 17.8. The fraction of sp³-hybridized carbons (Fsp3) is 0. The number of non-ortho nitro benzene ring substituents is 2. The number of nitro groups is 6. The van der Waals surface area contributed by atoms with Gasteiger partial charge in [-0.05, 0) is 0 Å². The molecule has 0 saturated heterocycles. The molecule has 0 spiro atoms. The molecule has 1 heterocycles. The minimum absolute atomic E-state index is 0.233. The predicted octanol–water partition coefficient (Wildman–Crippen LogP) is 3.41.